The number of nitrogens with zero attached hydrogens (tertiary/aromatic N) is 3. The molecule has 0 radical (unpaired) electrons. The molecule has 0 spiro atoms. The van der Waals surface area contributed by atoms with Gasteiger partial charge in [0.05, 0.1) is 5.69 Å². The molecule has 3 rings (SSSR count). The van der Waals surface area contributed by atoms with Crippen LogP contribution in [0.5, 0.6) is 0 Å². The van der Waals surface area contributed by atoms with Crippen LogP contribution in [0.25, 0.3) is 17.0 Å². The van der Waals surface area contributed by atoms with Crippen molar-refractivity contribution in [1.29, 1.82) is 0 Å². The molecule has 3 nitrogen and oxygen atoms in total. The molecule has 0 saturated heterocycles. The average Bonchev–Trinajstić information content (AvgIpc) is 2.73. The van der Waals surface area contributed by atoms with Gasteiger partial charge in [-0.25, -0.2) is 9.97 Å². The molecule has 0 unspecified atom stereocenters. The summed E-state index contributed by atoms with van der Waals surface area (Å²) in [6.45, 7) is 0. The minimum Gasteiger partial charge on any atom is -0.290 e. The third kappa shape index (κ3) is 1.55. The van der Waals surface area contributed by atoms with Crippen LogP contribution in [0.1, 0.15) is 0 Å². The zero-order valence-corrected chi connectivity index (χ0v) is 9.09. The SMILES string of the molecule is Clc1ccn2cc(-c3ccccc3)nc2n1. The van der Waals surface area contributed by atoms with Crippen LogP contribution in [-0.4, -0.2) is 14.4 Å². The Labute approximate surface area is 97.3 Å². The fraction of sp³-hybridized carbons (Fsp3) is 0. The van der Waals surface area contributed by atoms with Crippen molar-refractivity contribution in [2.75, 3.05) is 0 Å². The Kier molecular flexibility index (Phi) is 2.11. The minimum atomic E-state index is 0.456. The standard InChI is InChI=1S/C12H8ClN3/c13-11-6-7-16-8-10(14-12(16)15-11)9-4-2-1-3-5-9/h1-8H. The van der Waals surface area contributed by atoms with Gasteiger partial charge in [0.15, 0.2) is 0 Å². The van der Waals surface area contributed by atoms with Crippen molar-refractivity contribution < 1.29 is 0 Å². The van der Waals surface area contributed by atoms with Crippen molar-refractivity contribution in [3.63, 3.8) is 0 Å². The third-order valence-corrected chi connectivity index (χ3v) is 2.57. The van der Waals surface area contributed by atoms with Crippen molar-refractivity contribution in [2.45, 2.75) is 0 Å². The number of rotatable bonds is 1. The second-order valence-electron chi connectivity index (χ2n) is 3.45. The maximum Gasteiger partial charge on any atom is 0.235 e. The van der Waals surface area contributed by atoms with E-state index in [0.29, 0.717) is 10.9 Å². The molecule has 0 aliphatic heterocycles. The Hall–Kier alpha value is -1.87. The highest BCUT2D eigenvalue weighted by molar-refractivity contribution is 6.29. The molecule has 0 atom stereocenters. The van der Waals surface area contributed by atoms with E-state index in [0.717, 1.165) is 11.3 Å². The van der Waals surface area contributed by atoms with E-state index in [1.54, 1.807) is 6.07 Å². The van der Waals surface area contributed by atoms with Gasteiger partial charge in [-0.1, -0.05) is 41.9 Å². The zero-order chi connectivity index (χ0) is 11.0. The van der Waals surface area contributed by atoms with E-state index >= 15 is 0 Å². The average molecular weight is 230 g/mol. The maximum atomic E-state index is 5.81. The summed E-state index contributed by atoms with van der Waals surface area (Å²) in [4.78, 5) is 8.55. The van der Waals surface area contributed by atoms with Gasteiger partial charge in [-0.05, 0) is 6.07 Å². The third-order valence-electron chi connectivity index (χ3n) is 2.36. The predicted octanol–water partition coefficient (Wildman–Crippen LogP) is 3.05. The smallest absolute Gasteiger partial charge is 0.235 e. The first-order valence-electron chi connectivity index (χ1n) is 4.89. The van der Waals surface area contributed by atoms with Crippen LogP contribution in [0.2, 0.25) is 5.15 Å². The van der Waals surface area contributed by atoms with Gasteiger partial charge in [-0.15, -0.1) is 0 Å². The molecule has 2 heterocycles. The molecule has 4 heteroatoms. The molecule has 1 aromatic carbocycles. The van der Waals surface area contributed by atoms with Gasteiger partial charge >= 0.3 is 0 Å². The molecule has 2 aromatic heterocycles. The molecule has 0 aliphatic carbocycles. The van der Waals surface area contributed by atoms with Crippen molar-refractivity contribution >= 4 is 17.4 Å². The molecule has 0 N–H and O–H groups in total. The highest BCUT2D eigenvalue weighted by Crippen LogP contribution is 2.18. The summed E-state index contributed by atoms with van der Waals surface area (Å²) in [6, 6.07) is 11.7. The van der Waals surface area contributed by atoms with Gasteiger partial charge < -0.3 is 0 Å². The van der Waals surface area contributed by atoms with Crippen LogP contribution in [0.4, 0.5) is 0 Å². The summed E-state index contributed by atoms with van der Waals surface area (Å²) in [5.41, 5.74) is 1.97. The Balaban J connectivity index is 2.19. The van der Waals surface area contributed by atoms with E-state index in [-0.39, 0.29) is 0 Å². The summed E-state index contributed by atoms with van der Waals surface area (Å²) < 4.78 is 1.86. The van der Waals surface area contributed by atoms with Gasteiger partial charge in [0.25, 0.3) is 0 Å². The summed E-state index contributed by atoms with van der Waals surface area (Å²) in [6.07, 6.45) is 3.79. The molecule has 78 valence electrons. The summed E-state index contributed by atoms with van der Waals surface area (Å²) in [7, 11) is 0. The van der Waals surface area contributed by atoms with Crippen LogP contribution < -0.4 is 0 Å². The lowest BCUT2D eigenvalue weighted by Gasteiger charge is -1.92. The van der Waals surface area contributed by atoms with E-state index in [9.17, 15) is 0 Å². The van der Waals surface area contributed by atoms with Gasteiger partial charge in [0.2, 0.25) is 5.78 Å². The topological polar surface area (TPSA) is 30.2 Å². The van der Waals surface area contributed by atoms with E-state index in [2.05, 4.69) is 9.97 Å². The lowest BCUT2D eigenvalue weighted by molar-refractivity contribution is 1.11. The fourth-order valence-electron chi connectivity index (χ4n) is 1.60. The summed E-state index contributed by atoms with van der Waals surface area (Å²) in [5, 5.41) is 0.456. The second kappa shape index (κ2) is 3.61. The quantitative estimate of drug-likeness (QED) is 0.601. The summed E-state index contributed by atoms with van der Waals surface area (Å²) in [5.74, 6) is 0.617. The van der Waals surface area contributed by atoms with Gasteiger partial charge in [-0.3, -0.25) is 4.40 Å². The monoisotopic (exact) mass is 229 g/mol. The van der Waals surface area contributed by atoms with E-state index < -0.39 is 0 Å². The number of imidazole rings is 1. The van der Waals surface area contributed by atoms with Crippen LogP contribution in [-0.2, 0) is 0 Å². The normalized spacial score (nSPS) is 10.8. The molecule has 0 aliphatic rings. The molecular weight excluding hydrogens is 222 g/mol. The first-order chi connectivity index (χ1) is 7.83. The molecule has 0 saturated carbocycles. The Morgan fingerprint density at radius 1 is 1.00 bits per heavy atom. The highest BCUT2D eigenvalue weighted by atomic mass is 35.5. The van der Waals surface area contributed by atoms with E-state index in [4.69, 9.17) is 11.6 Å². The van der Waals surface area contributed by atoms with E-state index in [1.165, 1.54) is 0 Å². The molecular formula is C12H8ClN3. The number of benzene rings is 1. The van der Waals surface area contributed by atoms with Crippen LogP contribution in [0, 0.1) is 0 Å². The second-order valence-corrected chi connectivity index (χ2v) is 3.84. The largest absolute Gasteiger partial charge is 0.290 e. The lowest BCUT2D eigenvalue weighted by Crippen LogP contribution is -1.85. The van der Waals surface area contributed by atoms with Crippen molar-refractivity contribution in [3.05, 3.63) is 53.9 Å². The fourth-order valence-corrected chi connectivity index (χ4v) is 1.73. The van der Waals surface area contributed by atoms with Gasteiger partial charge in [0.1, 0.15) is 5.15 Å². The predicted molar refractivity (Wildman–Crippen MR) is 63.4 cm³/mol. The number of halogens is 1. The highest BCUT2D eigenvalue weighted by Gasteiger charge is 2.04. The Morgan fingerprint density at radius 3 is 2.62 bits per heavy atom. The van der Waals surface area contributed by atoms with E-state index in [1.807, 2.05) is 47.1 Å². The lowest BCUT2D eigenvalue weighted by atomic mass is 10.2. The molecule has 0 bridgehead atoms. The zero-order valence-electron chi connectivity index (χ0n) is 8.34. The first-order valence-corrected chi connectivity index (χ1v) is 5.27. The number of aromatic nitrogens is 3. The van der Waals surface area contributed by atoms with Gasteiger partial charge in [0, 0.05) is 18.0 Å². The van der Waals surface area contributed by atoms with Gasteiger partial charge in [-0.2, -0.15) is 0 Å². The minimum absolute atomic E-state index is 0.456. The Morgan fingerprint density at radius 2 is 1.81 bits per heavy atom. The summed E-state index contributed by atoms with van der Waals surface area (Å²) >= 11 is 5.81. The number of hydrogen-bond acceptors (Lipinski definition) is 2. The number of hydrogen-bond donors (Lipinski definition) is 0. The maximum absolute atomic E-state index is 5.81. The Bertz CT molecular complexity index is 631. The number of fused-ring (bicyclic) bond motifs is 1. The van der Waals surface area contributed by atoms with Crippen LogP contribution >= 0.6 is 11.6 Å². The molecule has 16 heavy (non-hydrogen) atoms. The molecule has 3 aromatic rings. The van der Waals surface area contributed by atoms with Crippen LogP contribution in [0.15, 0.2) is 48.8 Å². The van der Waals surface area contributed by atoms with Crippen LogP contribution in [0.3, 0.4) is 0 Å². The first kappa shape index (κ1) is 9.36. The van der Waals surface area contributed by atoms with Crippen molar-refractivity contribution in [3.8, 4) is 11.3 Å². The molecule has 0 amide bonds. The van der Waals surface area contributed by atoms with Crippen molar-refractivity contribution in [2.24, 2.45) is 0 Å². The van der Waals surface area contributed by atoms with Crippen molar-refractivity contribution in [1.82, 2.24) is 14.4 Å². The molecule has 0 fully saturated rings.